The summed E-state index contributed by atoms with van der Waals surface area (Å²) in [5.74, 6) is 3.11. The van der Waals surface area contributed by atoms with Gasteiger partial charge in [0.15, 0.2) is 0 Å². The molecule has 3 rings (SSSR count). The van der Waals surface area contributed by atoms with Gasteiger partial charge in [0.25, 0.3) is 0 Å². The highest BCUT2D eigenvalue weighted by atomic mass is 35.5. The molecule has 19 heavy (non-hydrogen) atoms. The first-order valence-electron chi connectivity index (χ1n) is 6.91. The maximum absolute atomic E-state index is 6.21. The Morgan fingerprint density at radius 2 is 1.63 bits per heavy atom. The number of nitrogens with one attached hydrogen (secondary N) is 1. The molecule has 0 aliphatic heterocycles. The van der Waals surface area contributed by atoms with Crippen LogP contribution in [0.3, 0.4) is 0 Å². The molecule has 4 heteroatoms. The van der Waals surface area contributed by atoms with E-state index in [0.29, 0.717) is 16.8 Å². The Labute approximate surface area is 119 Å². The van der Waals surface area contributed by atoms with Crippen LogP contribution in [0.2, 0.25) is 5.02 Å². The van der Waals surface area contributed by atoms with Crippen LogP contribution in [0.25, 0.3) is 0 Å². The van der Waals surface area contributed by atoms with Crippen LogP contribution in [-0.4, -0.2) is 20.3 Å². The predicted molar refractivity (Wildman–Crippen MR) is 77.4 cm³/mol. The maximum Gasteiger partial charge on any atom is 0.145 e. The second-order valence-electron chi connectivity index (χ2n) is 5.53. The Bertz CT molecular complexity index is 457. The standard InChI is InChI=1S/C15H20ClNO2/c1-18-13-8-14(19-2)12(7-11(13)16)17-15(9-3-4-9)10-5-6-10/h7-10,15,17H,3-6H2,1-2H3. The lowest BCUT2D eigenvalue weighted by Gasteiger charge is -2.21. The Morgan fingerprint density at radius 1 is 1.05 bits per heavy atom. The minimum Gasteiger partial charge on any atom is -0.495 e. The quantitative estimate of drug-likeness (QED) is 0.856. The first kappa shape index (κ1) is 12.9. The molecule has 1 aromatic rings. The van der Waals surface area contributed by atoms with Crippen molar-refractivity contribution in [3.05, 3.63) is 17.2 Å². The summed E-state index contributed by atoms with van der Waals surface area (Å²) in [5, 5.41) is 4.27. The van der Waals surface area contributed by atoms with Crippen molar-refractivity contribution in [1.29, 1.82) is 0 Å². The number of halogens is 1. The molecule has 0 spiro atoms. The van der Waals surface area contributed by atoms with Crippen molar-refractivity contribution >= 4 is 17.3 Å². The van der Waals surface area contributed by atoms with Gasteiger partial charge in [-0.25, -0.2) is 0 Å². The molecule has 0 aromatic heterocycles. The molecule has 2 saturated carbocycles. The monoisotopic (exact) mass is 281 g/mol. The second-order valence-corrected chi connectivity index (χ2v) is 5.94. The molecule has 3 nitrogen and oxygen atoms in total. The summed E-state index contributed by atoms with van der Waals surface area (Å²) in [5.41, 5.74) is 0.983. The molecule has 0 amide bonds. The van der Waals surface area contributed by atoms with E-state index in [0.717, 1.165) is 23.3 Å². The van der Waals surface area contributed by atoms with Crippen LogP contribution in [0, 0.1) is 11.8 Å². The van der Waals surface area contributed by atoms with E-state index < -0.39 is 0 Å². The lowest BCUT2D eigenvalue weighted by molar-refractivity contribution is 0.395. The molecule has 0 bridgehead atoms. The van der Waals surface area contributed by atoms with Crippen molar-refractivity contribution in [3.8, 4) is 11.5 Å². The minimum absolute atomic E-state index is 0.582. The Morgan fingerprint density at radius 3 is 2.11 bits per heavy atom. The van der Waals surface area contributed by atoms with Crippen molar-refractivity contribution in [3.63, 3.8) is 0 Å². The molecule has 0 heterocycles. The third kappa shape index (κ3) is 2.76. The third-order valence-corrected chi connectivity index (χ3v) is 4.35. The van der Waals surface area contributed by atoms with E-state index in [1.807, 2.05) is 12.1 Å². The summed E-state index contributed by atoms with van der Waals surface area (Å²) in [4.78, 5) is 0. The Hall–Kier alpha value is -1.09. The molecule has 2 fully saturated rings. The van der Waals surface area contributed by atoms with Gasteiger partial charge in [0, 0.05) is 12.1 Å². The number of anilines is 1. The minimum atomic E-state index is 0.582. The van der Waals surface area contributed by atoms with E-state index in [9.17, 15) is 0 Å². The number of benzene rings is 1. The molecule has 0 saturated heterocycles. The van der Waals surface area contributed by atoms with Crippen molar-refractivity contribution in [2.24, 2.45) is 11.8 Å². The number of rotatable bonds is 6. The molecule has 104 valence electrons. The summed E-state index contributed by atoms with van der Waals surface area (Å²) >= 11 is 6.21. The summed E-state index contributed by atoms with van der Waals surface area (Å²) < 4.78 is 10.7. The van der Waals surface area contributed by atoms with Crippen molar-refractivity contribution in [2.75, 3.05) is 19.5 Å². The predicted octanol–water partition coefficient (Wildman–Crippen LogP) is 3.96. The van der Waals surface area contributed by atoms with Crippen LogP contribution < -0.4 is 14.8 Å². The van der Waals surface area contributed by atoms with Gasteiger partial charge in [-0.3, -0.25) is 0 Å². The smallest absolute Gasteiger partial charge is 0.145 e. The number of hydrogen-bond donors (Lipinski definition) is 1. The molecule has 0 unspecified atom stereocenters. The zero-order valence-electron chi connectivity index (χ0n) is 11.4. The molecule has 2 aliphatic rings. The first-order valence-corrected chi connectivity index (χ1v) is 7.28. The van der Waals surface area contributed by atoms with Gasteiger partial charge in [0.1, 0.15) is 11.5 Å². The lowest BCUT2D eigenvalue weighted by atomic mass is 10.1. The average molecular weight is 282 g/mol. The van der Waals surface area contributed by atoms with E-state index in [2.05, 4.69) is 5.32 Å². The Balaban J connectivity index is 1.83. The van der Waals surface area contributed by atoms with Gasteiger partial charge in [-0.05, 0) is 43.6 Å². The Kier molecular flexibility index (Phi) is 3.48. The normalized spacial score (nSPS) is 18.5. The molecule has 2 aliphatic carbocycles. The van der Waals surface area contributed by atoms with Crippen molar-refractivity contribution in [1.82, 2.24) is 0 Å². The maximum atomic E-state index is 6.21. The van der Waals surface area contributed by atoms with E-state index in [1.54, 1.807) is 14.2 Å². The van der Waals surface area contributed by atoms with Gasteiger partial charge in [0.05, 0.1) is 24.9 Å². The topological polar surface area (TPSA) is 30.5 Å². The van der Waals surface area contributed by atoms with Crippen molar-refractivity contribution < 1.29 is 9.47 Å². The fourth-order valence-electron chi connectivity index (χ4n) is 2.68. The van der Waals surface area contributed by atoms with Crippen LogP contribution in [0.5, 0.6) is 11.5 Å². The third-order valence-electron chi connectivity index (χ3n) is 4.06. The average Bonchev–Trinajstić information content (AvgIpc) is 3.29. The fourth-order valence-corrected chi connectivity index (χ4v) is 2.92. The van der Waals surface area contributed by atoms with Gasteiger partial charge >= 0.3 is 0 Å². The lowest BCUT2D eigenvalue weighted by Crippen LogP contribution is -2.24. The van der Waals surface area contributed by atoms with Crippen LogP contribution >= 0.6 is 11.6 Å². The first-order chi connectivity index (χ1) is 9.22. The van der Waals surface area contributed by atoms with E-state index in [-0.39, 0.29) is 0 Å². The van der Waals surface area contributed by atoms with Gasteiger partial charge < -0.3 is 14.8 Å². The molecule has 0 atom stereocenters. The molecular weight excluding hydrogens is 262 g/mol. The molecule has 0 radical (unpaired) electrons. The van der Waals surface area contributed by atoms with Gasteiger partial charge in [0.2, 0.25) is 0 Å². The highest BCUT2D eigenvalue weighted by molar-refractivity contribution is 6.32. The molecular formula is C15H20ClNO2. The van der Waals surface area contributed by atoms with Gasteiger partial charge in [-0.1, -0.05) is 11.6 Å². The van der Waals surface area contributed by atoms with E-state index in [4.69, 9.17) is 21.1 Å². The fraction of sp³-hybridized carbons (Fsp3) is 0.600. The zero-order valence-corrected chi connectivity index (χ0v) is 12.2. The molecule has 1 N–H and O–H groups in total. The highest BCUT2D eigenvalue weighted by Crippen LogP contribution is 2.47. The van der Waals surface area contributed by atoms with Crippen LogP contribution in [0.4, 0.5) is 5.69 Å². The van der Waals surface area contributed by atoms with Gasteiger partial charge in [-0.15, -0.1) is 0 Å². The number of ether oxygens (including phenoxy) is 2. The summed E-state index contributed by atoms with van der Waals surface area (Å²) in [6.45, 7) is 0. The molecule has 1 aromatic carbocycles. The van der Waals surface area contributed by atoms with Crippen molar-refractivity contribution in [2.45, 2.75) is 31.7 Å². The summed E-state index contributed by atoms with van der Waals surface area (Å²) in [6, 6.07) is 4.34. The van der Waals surface area contributed by atoms with Crippen LogP contribution in [0.1, 0.15) is 25.7 Å². The van der Waals surface area contributed by atoms with Crippen LogP contribution in [0.15, 0.2) is 12.1 Å². The number of hydrogen-bond acceptors (Lipinski definition) is 3. The second kappa shape index (κ2) is 5.12. The number of methoxy groups -OCH3 is 2. The summed E-state index contributed by atoms with van der Waals surface area (Å²) in [7, 11) is 3.29. The van der Waals surface area contributed by atoms with Gasteiger partial charge in [-0.2, -0.15) is 0 Å². The van der Waals surface area contributed by atoms with E-state index in [1.165, 1.54) is 25.7 Å². The van der Waals surface area contributed by atoms with E-state index >= 15 is 0 Å². The highest BCUT2D eigenvalue weighted by Gasteiger charge is 2.41. The van der Waals surface area contributed by atoms with Crippen LogP contribution in [-0.2, 0) is 0 Å². The largest absolute Gasteiger partial charge is 0.495 e. The zero-order chi connectivity index (χ0) is 13.4. The SMILES string of the molecule is COc1cc(OC)c(NC(C2CC2)C2CC2)cc1Cl. The summed E-state index contributed by atoms with van der Waals surface area (Å²) in [6.07, 6.45) is 5.39.